The average molecular weight is 351 g/mol. The number of ether oxygens (including phenoxy) is 2. The number of esters is 1. The monoisotopic (exact) mass is 350 g/mol. The van der Waals surface area contributed by atoms with Gasteiger partial charge in [-0.05, 0) is 42.3 Å². The molecule has 23 heavy (non-hydrogen) atoms. The highest BCUT2D eigenvalue weighted by Gasteiger charge is 2.14. The van der Waals surface area contributed by atoms with Gasteiger partial charge in [0.05, 0.1) is 13.7 Å². The summed E-state index contributed by atoms with van der Waals surface area (Å²) in [5.74, 6) is 0.198. The zero-order valence-corrected chi connectivity index (χ0v) is 14.3. The molecule has 0 heterocycles. The molecule has 2 rings (SSSR count). The van der Waals surface area contributed by atoms with Crippen LogP contribution in [0.5, 0.6) is 5.75 Å². The Kier molecular flexibility index (Phi) is 6.08. The average Bonchev–Trinajstić information content (AvgIpc) is 2.52. The van der Waals surface area contributed by atoms with Gasteiger partial charge in [-0.15, -0.1) is 0 Å². The Bertz CT molecular complexity index is 719. The molecule has 0 saturated carbocycles. The van der Waals surface area contributed by atoms with Gasteiger partial charge in [-0.3, -0.25) is 0 Å². The zero-order chi connectivity index (χ0) is 16.8. The molecule has 0 unspecified atom stereocenters. The standard InChI is InChI=1S/C18H16Cl2O3/c1-3-23-18(21)11-16(12-8-13(19)10-14(20)9-12)15-6-4-5-7-17(15)22-2/h4-11H,3H2,1-2H3. The third-order valence-corrected chi connectivity index (χ3v) is 3.56. The number of hydrogen-bond donors (Lipinski definition) is 0. The molecule has 0 amide bonds. The summed E-state index contributed by atoms with van der Waals surface area (Å²) in [5, 5.41) is 0.967. The van der Waals surface area contributed by atoms with Crippen LogP contribution in [-0.4, -0.2) is 19.7 Å². The topological polar surface area (TPSA) is 35.5 Å². The molecule has 0 fully saturated rings. The number of benzene rings is 2. The molecule has 3 nitrogen and oxygen atoms in total. The lowest BCUT2D eigenvalue weighted by Gasteiger charge is -2.13. The molecular weight excluding hydrogens is 335 g/mol. The Labute approximate surface area is 145 Å². The molecule has 0 N–H and O–H groups in total. The van der Waals surface area contributed by atoms with E-state index in [2.05, 4.69) is 0 Å². The fourth-order valence-electron chi connectivity index (χ4n) is 2.19. The van der Waals surface area contributed by atoms with E-state index < -0.39 is 5.97 Å². The Morgan fingerprint density at radius 2 is 1.78 bits per heavy atom. The van der Waals surface area contributed by atoms with E-state index in [1.54, 1.807) is 32.2 Å². The van der Waals surface area contributed by atoms with Gasteiger partial charge in [-0.25, -0.2) is 4.79 Å². The third-order valence-electron chi connectivity index (χ3n) is 3.12. The summed E-state index contributed by atoms with van der Waals surface area (Å²) in [6.45, 7) is 2.05. The number of carbonyl (C=O) groups is 1. The van der Waals surface area contributed by atoms with Gasteiger partial charge in [0.2, 0.25) is 0 Å². The van der Waals surface area contributed by atoms with Crippen LogP contribution in [0, 0.1) is 0 Å². The lowest BCUT2D eigenvalue weighted by Crippen LogP contribution is -2.02. The van der Waals surface area contributed by atoms with Crippen molar-refractivity contribution < 1.29 is 14.3 Å². The minimum absolute atomic E-state index is 0.296. The fourth-order valence-corrected chi connectivity index (χ4v) is 2.72. The molecule has 2 aromatic carbocycles. The molecule has 0 atom stereocenters. The first-order valence-electron chi connectivity index (χ1n) is 7.03. The molecule has 0 aliphatic heterocycles. The maximum Gasteiger partial charge on any atom is 0.331 e. The summed E-state index contributed by atoms with van der Waals surface area (Å²) in [4.78, 5) is 12.0. The van der Waals surface area contributed by atoms with E-state index in [0.717, 1.165) is 5.56 Å². The van der Waals surface area contributed by atoms with Gasteiger partial charge in [0, 0.05) is 21.7 Å². The van der Waals surface area contributed by atoms with Crippen LogP contribution in [0.15, 0.2) is 48.5 Å². The van der Waals surface area contributed by atoms with Gasteiger partial charge in [0.25, 0.3) is 0 Å². The molecule has 2 aromatic rings. The smallest absolute Gasteiger partial charge is 0.331 e. The molecule has 5 heteroatoms. The Balaban J connectivity index is 2.63. The first-order valence-corrected chi connectivity index (χ1v) is 7.79. The maximum absolute atomic E-state index is 12.0. The second kappa shape index (κ2) is 8.04. The van der Waals surface area contributed by atoms with Crippen molar-refractivity contribution >= 4 is 34.7 Å². The van der Waals surface area contributed by atoms with Crippen molar-refractivity contribution in [1.29, 1.82) is 0 Å². The summed E-state index contributed by atoms with van der Waals surface area (Å²) in [5.41, 5.74) is 2.09. The van der Waals surface area contributed by atoms with Gasteiger partial charge in [-0.2, -0.15) is 0 Å². The Hall–Kier alpha value is -1.97. The molecule has 120 valence electrons. The van der Waals surface area contributed by atoms with Crippen LogP contribution in [0.1, 0.15) is 18.1 Å². The molecule has 0 saturated heterocycles. The molecule has 0 aliphatic carbocycles. The van der Waals surface area contributed by atoms with E-state index in [9.17, 15) is 4.79 Å². The quantitative estimate of drug-likeness (QED) is 0.562. The van der Waals surface area contributed by atoms with E-state index in [-0.39, 0.29) is 0 Å². The van der Waals surface area contributed by atoms with E-state index in [1.165, 1.54) is 6.08 Å². The van der Waals surface area contributed by atoms with E-state index in [0.29, 0.717) is 33.5 Å². The first-order chi connectivity index (χ1) is 11.0. The van der Waals surface area contributed by atoms with Crippen molar-refractivity contribution in [3.8, 4) is 5.75 Å². The highest BCUT2D eigenvalue weighted by Crippen LogP contribution is 2.33. The van der Waals surface area contributed by atoms with Gasteiger partial charge in [0.1, 0.15) is 5.75 Å². The molecule has 0 aromatic heterocycles. The van der Waals surface area contributed by atoms with E-state index in [1.807, 2.05) is 24.3 Å². The molecule has 0 aliphatic rings. The van der Waals surface area contributed by atoms with Gasteiger partial charge < -0.3 is 9.47 Å². The van der Waals surface area contributed by atoms with Crippen molar-refractivity contribution in [3.63, 3.8) is 0 Å². The van der Waals surface area contributed by atoms with Crippen LogP contribution in [0.25, 0.3) is 5.57 Å². The van der Waals surface area contributed by atoms with Crippen LogP contribution in [0.2, 0.25) is 10.0 Å². The molecule has 0 spiro atoms. The number of para-hydroxylation sites is 1. The fraction of sp³-hybridized carbons (Fsp3) is 0.167. The van der Waals surface area contributed by atoms with Crippen LogP contribution >= 0.6 is 23.2 Å². The summed E-state index contributed by atoms with van der Waals surface area (Å²) in [7, 11) is 1.58. The van der Waals surface area contributed by atoms with Gasteiger partial charge >= 0.3 is 5.97 Å². The largest absolute Gasteiger partial charge is 0.496 e. The number of carbonyl (C=O) groups excluding carboxylic acids is 1. The second-order valence-electron chi connectivity index (χ2n) is 4.67. The highest BCUT2D eigenvalue weighted by molar-refractivity contribution is 6.35. The Morgan fingerprint density at radius 1 is 1.13 bits per heavy atom. The first kappa shape index (κ1) is 17.4. The van der Waals surface area contributed by atoms with Crippen LogP contribution in [-0.2, 0) is 9.53 Å². The van der Waals surface area contributed by atoms with Crippen molar-refractivity contribution in [1.82, 2.24) is 0 Å². The summed E-state index contributed by atoms with van der Waals surface area (Å²) < 4.78 is 10.4. The zero-order valence-electron chi connectivity index (χ0n) is 12.8. The Morgan fingerprint density at radius 3 is 2.39 bits per heavy atom. The minimum Gasteiger partial charge on any atom is -0.496 e. The predicted octanol–water partition coefficient (Wildman–Crippen LogP) is 5.00. The van der Waals surface area contributed by atoms with Gasteiger partial charge in [-0.1, -0.05) is 41.4 Å². The van der Waals surface area contributed by atoms with Crippen LogP contribution in [0.3, 0.4) is 0 Å². The van der Waals surface area contributed by atoms with Crippen molar-refractivity contribution in [2.75, 3.05) is 13.7 Å². The lowest BCUT2D eigenvalue weighted by molar-refractivity contribution is -0.137. The predicted molar refractivity (Wildman–Crippen MR) is 93.2 cm³/mol. The van der Waals surface area contributed by atoms with Crippen molar-refractivity contribution in [2.45, 2.75) is 6.92 Å². The molecular formula is C18H16Cl2O3. The summed E-state index contributed by atoms with van der Waals surface area (Å²) >= 11 is 12.2. The van der Waals surface area contributed by atoms with Crippen LogP contribution in [0.4, 0.5) is 0 Å². The number of methoxy groups -OCH3 is 1. The minimum atomic E-state index is -0.440. The highest BCUT2D eigenvalue weighted by atomic mass is 35.5. The third kappa shape index (κ3) is 4.50. The van der Waals surface area contributed by atoms with Crippen molar-refractivity contribution in [2.24, 2.45) is 0 Å². The van der Waals surface area contributed by atoms with Crippen LogP contribution < -0.4 is 4.74 Å². The molecule has 0 bridgehead atoms. The normalized spacial score (nSPS) is 11.2. The number of halogens is 2. The van der Waals surface area contributed by atoms with Crippen molar-refractivity contribution in [3.05, 3.63) is 69.7 Å². The SMILES string of the molecule is CCOC(=O)C=C(c1cc(Cl)cc(Cl)c1)c1ccccc1OC. The van der Waals surface area contributed by atoms with E-state index in [4.69, 9.17) is 32.7 Å². The lowest BCUT2D eigenvalue weighted by atomic mass is 9.96. The van der Waals surface area contributed by atoms with Gasteiger partial charge in [0.15, 0.2) is 0 Å². The summed E-state index contributed by atoms with van der Waals surface area (Å²) in [6, 6.07) is 12.5. The number of hydrogen-bond acceptors (Lipinski definition) is 3. The second-order valence-corrected chi connectivity index (χ2v) is 5.54. The van der Waals surface area contributed by atoms with E-state index >= 15 is 0 Å². The number of rotatable bonds is 5. The molecule has 0 radical (unpaired) electrons. The maximum atomic E-state index is 12.0. The summed E-state index contributed by atoms with van der Waals surface area (Å²) in [6.07, 6.45) is 1.42.